The molecule has 0 aliphatic carbocycles. The molecule has 5 heteroatoms. The third-order valence-corrected chi connectivity index (χ3v) is 2.06. The summed E-state index contributed by atoms with van der Waals surface area (Å²) in [5.41, 5.74) is 0. The second kappa shape index (κ2) is 5.26. The average Bonchev–Trinajstić information content (AvgIpc) is 1.88. The van der Waals surface area contributed by atoms with E-state index in [2.05, 4.69) is 0 Å². The molecule has 0 radical (unpaired) electrons. The minimum absolute atomic E-state index is 0.268. The highest BCUT2D eigenvalue weighted by atomic mass is 32.2. The van der Waals surface area contributed by atoms with Gasteiger partial charge in [0.05, 0.1) is 0 Å². The molecule has 1 amide bonds. The summed E-state index contributed by atoms with van der Waals surface area (Å²) in [6.45, 7) is 3.80. The zero-order chi connectivity index (χ0) is 8.85. The summed E-state index contributed by atoms with van der Waals surface area (Å²) < 4.78 is 20.0. The van der Waals surface area contributed by atoms with E-state index in [-0.39, 0.29) is 12.5 Å². The Labute approximate surface area is 69.0 Å². The van der Waals surface area contributed by atoms with Crippen LogP contribution in [0.15, 0.2) is 0 Å². The zero-order valence-electron chi connectivity index (χ0n) is 6.74. The molecule has 0 rings (SSSR count). The lowest BCUT2D eigenvalue weighted by molar-refractivity contribution is -0.126. The van der Waals surface area contributed by atoms with Gasteiger partial charge in [0.2, 0.25) is 5.91 Å². The summed E-state index contributed by atoms with van der Waals surface area (Å²) in [4.78, 5) is 11.0. The van der Waals surface area contributed by atoms with Crippen molar-refractivity contribution in [1.82, 2.24) is 4.31 Å². The SMILES string of the molecule is CCCC(=O)N(CC)S(=O)O. The number of nitrogens with zero attached hydrogens (tertiary/aromatic N) is 1. The fraction of sp³-hybridized carbons (Fsp3) is 0.833. The molecular formula is C6H13NO3S. The van der Waals surface area contributed by atoms with Crippen molar-refractivity contribution in [3.05, 3.63) is 0 Å². The molecule has 0 aromatic rings. The van der Waals surface area contributed by atoms with Crippen molar-refractivity contribution in [2.45, 2.75) is 26.7 Å². The van der Waals surface area contributed by atoms with Crippen molar-refractivity contribution < 1.29 is 13.6 Å². The van der Waals surface area contributed by atoms with E-state index in [1.165, 1.54) is 0 Å². The van der Waals surface area contributed by atoms with E-state index in [1.807, 2.05) is 6.92 Å². The lowest BCUT2D eigenvalue weighted by Crippen LogP contribution is -2.31. The van der Waals surface area contributed by atoms with E-state index in [4.69, 9.17) is 4.55 Å². The van der Waals surface area contributed by atoms with E-state index in [9.17, 15) is 9.00 Å². The second-order valence-corrected chi connectivity index (χ2v) is 2.97. The lowest BCUT2D eigenvalue weighted by atomic mass is 10.3. The third-order valence-electron chi connectivity index (χ3n) is 1.22. The zero-order valence-corrected chi connectivity index (χ0v) is 7.56. The van der Waals surface area contributed by atoms with Crippen LogP contribution in [0.25, 0.3) is 0 Å². The molecule has 66 valence electrons. The van der Waals surface area contributed by atoms with Crippen LogP contribution in [-0.4, -0.2) is 25.5 Å². The highest BCUT2D eigenvalue weighted by Gasteiger charge is 2.14. The standard InChI is InChI=1S/C6H13NO3S/c1-3-5-6(8)7(4-2)11(9)10/h3-5H2,1-2H3,(H,9,10). The first-order valence-electron chi connectivity index (χ1n) is 3.54. The number of carbonyl (C=O) groups excluding carboxylic acids is 1. The first kappa shape index (κ1) is 10.6. The number of rotatable bonds is 4. The van der Waals surface area contributed by atoms with Crippen LogP contribution in [0.5, 0.6) is 0 Å². The van der Waals surface area contributed by atoms with Crippen LogP contribution in [0.3, 0.4) is 0 Å². The molecule has 0 bridgehead atoms. The van der Waals surface area contributed by atoms with Gasteiger partial charge < -0.3 is 0 Å². The van der Waals surface area contributed by atoms with Crippen molar-refractivity contribution >= 4 is 17.2 Å². The Morgan fingerprint density at radius 3 is 2.36 bits per heavy atom. The van der Waals surface area contributed by atoms with Crippen molar-refractivity contribution in [2.24, 2.45) is 0 Å². The van der Waals surface area contributed by atoms with E-state index in [0.29, 0.717) is 12.8 Å². The van der Waals surface area contributed by atoms with E-state index in [1.54, 1.807) is 6.92 Å². The van der Waals surface area contributed by atoms with Gasteiger partial charge in [-0.25, -0.2) is 8.51 Å². The fourth-order valence-corrected chi connectivity index (χ4v) is 1.20. The fourth-order valence-electron chi connectivity index (χ4n) is 0.712. The van der Waals surface area contributed by atoms with Crippen molar-refractivity contribution in [2.75, 3.05) is 6.54 Å². The Hall–Kier alpha value is -0.420. The molecule has 0 fully saturated rings. The summed E-state index contributed by atoms with van der Waals surface area (Å²) in [6, 6.07) is 0. The molecule has 0 aliphatic heterocycles. The number of carbonyl (C=O) groups is 1. The highest BCUT2D eigenvalue weighted by Crippen LogP contribution is 1.98. The molecule has 1 atom stereocenters. The minimum atomic E-state index is -2.15. The molecule has 0 heterocycles. The first-order valence-corrected chi connectivity index (χ1v) is 4.61. The van der Waals surface area contributed by atoms with Crippen LogP contribution < -0.4 is 0 Å². The smallest absolute Gasteiger partial charge is 0.264 e. The molecule has 11 heavy (non-hydrogen) atoms. The highest BCUT2D eigenvalue weighted by molar-refractivity contribution is 7.77. The van der Waals surface area contributed by atoms with Crippen LogP contribution in [0.2, 0.25) is 0 Å². The molecule has 0 saturated carbocycles. The van der Waals surface area contributed by atoms with Gasteiger partial charge in [-0.2, -0.15) is 0 Å². The van der Waals surface area contributed by atoms with Gasteiger partial charge in [-0.05, 0) is 13.3 Å². The Bertz CT molecular complexity index is 160. The molecule has 0 saturated heterocycles. The molecule has 0 aliphatic rings. The van der Waals surface area contributed by atoms with E-state index >= 15 is 0 Å². The molecule has 0 spiro atoms. The van der Waals surface area contributed by atoms with Crippen LogP contribution in [0.4, 0.5) is 0 Å². The first-order chi connectivity index (χ1) is 5.13. The Morgan fingerprint density at radius 2 is 2.09 bits per heavy atom. The summed E-state index contributed by atoms with van der Waals surface area (Å²) in [7, 11) is 0. The maximum Gasteiger partial charge on any atom is 0.264 e. The molecule has 0 aromatic heterocycles. The molecule has 0 aromatic carbocycles. The van der Waals surface area contributed by atoms with E-state index in [0.717, 1.165) is 4.31 Å². The molecule has 1 unspecified atom stereocenters. The van der Waals surface area contributed by atoms with Gasteiger partial charge in [0.1, 0.15) is 0 Å². The molecule has 1 N–H and O–H groups in total. The molecule has 4 nitrogen and oxygen atoms in total. The predicted octanol–water partition coefficient (Wildman–Crippen LogP) is 0.772. The van der Waals surface area contributed by atoms with E-state index < -0.39 is 11.3 Å². The second-order valence-electron chi connectivity index (χ2n) is 2.07. The van der Waals surface area contributed by atoms with Crippen molar-refractivity contribution in [3.8, 4) is 0 Å². The normalized spacial score (nSPS) is 12.6. The van der Waals surface area contributed by atoms with Crippen molar-refractivity contribution in [3.63, 3.8) is 0 Å². The Morgan fingerprint density at radius 1 is 1.55 bits per heavy atom. The number of hydrogen-bond acceptors (Lipinski definition) is 2. The monoisotopic (exact) mass is 179 g/mol. The van der Waals surface area contributed by atoms with Crippen LogP contribution in [0.1, 0.15) is 26.7 Å². The van der Waals surface area contributed by atoms with Gasteiger partial charge in [0.15, 0.2) is 0 Å². The van der Waals surface area contributed by atoms with Crippen molar-refractivity contribution in [1.29, 1.82) is 0 Å². The third kappa shape index (κ3) is 3.48. The summed E-state index contributed by atoms with van der Waals surface area (Å²) in [5.74, 6) is -0.268. The summed E-state index contributed by atoms with van der Waals surface area (Å²) in [5, 5.41) is 0. The van der Waals surface area contributed by atoms with Gasteiger partial charge in [0, 0.05) is 13.0 Å². The Kier molecular flexibility index (Phi) is 5.06. The maximum absolute atomic E-state index is 11.0. The van der Waals surface area contributed by atoms with Crippen LogP contribution >= 0.6 is 0 Å². The summed E-state index contributed by atoms with van der Waals surface area (Å²) in [6.07, 6.45) is 1.03. The average molecular weight is 179 g/mol. The van der Waals surface area contributed by atoms with Gasteiger partial charge in [-0.3, -0.25) is 9.35 Å². The van der Waals surface area contributed by atoms with Gasteiger partial charge in [0.25, 0.3) is 11.3 Å². The quantitative estimate of drug-likeness (QED) is 0.648. The predicted molar refractivity (Wildman–Crippen MR) is 43.1 cm³/mol. The van der Waals surface area contributed by atoms with Gasteiger partial charge in [-0.15, -0.1) is 0 Å². The Balaban J connectivity index is 4.03. The van der Waals surface area contributed by atoms with Crippen LogP contribution in [-0.2, 0) is 16.1 Å². The maximum atomic E-state index is 11.0. The number of hydrogen-bond donors (Lipinski definition) is 1. The summed E-state index contributed by atoms with van der Waals surface area (Å²) >= 11 is -2.15. The van der Waals surface area contributed by atoms with Crippen LogP contribution in [0, 0.1) is 0 Å². The minimum Gasteiger partial charge on any atom is -0.289 e. The number of amides is 1. The molecular weight excluding hydrogens is 166 g/mol. The van der Waals surface area contributed by atoms with Gasteiger partial charge in [-0.1, -0.05) is 6.92 Å². The largest absolute Gasteiger partial charge is 0.289 e. The topological polar surface area (TPSA) is 57.6 Å². The van der Waals surface area contributed by atoms with Gasteiger partial charge >= 0.3 is 0 Å². The lowest BCUT2D eigenvalue weighted by Gasteiger charge is -2.14.